The number of esters is 3. The fourth-order valence-corrected chi connectivity index (χ4v) is 7.82. The molecule has 0 aliphatic rings. The lowest BCUT2D eigenvalue weighted by atomic mass is 10.1. The summed E-state index contributed by atoms with van der Waals surface area (Å²) in [4.78, 5) is 37.9. The highest BCUT2D eigenvalue weighted by atomic mass is 16.6. The van der Waals surface area contributed by atoms with E-state index in [4.69, 9.17) is 14.2 Å². The van der Waals surface area contributed by atoms with E-state index in [0.29, 0.717) is 19.3 Å². The van der Waals surface area contributed by atoms with Crippen molar-refractivity contribution in [3.8, 4) is 0 Å². The quantitative estimate of drug-likeness (QED) is 0.0261. The van der Waals surface area contributed by atoms with Gasteiger partial charge in [0.15, 0.2) is 6.10 Å². The van der Waals surface area contributed by atoms with Gasteiger partial charge in [0.05, 0.1) is 0 Å². The van der Waals surface area contributed by atoms with Gasteiger partial charge in [-0.05, 0) is 96.3 Å². The monoisotopic (exact) mass is 997 g/mol. The molecule has 0 aromatic rings. The van der Waals surface area contributed by atoms with Gasteiger partial charge in [-0.1, -0.05) is 264 Å². The third-order valence-corrected chi connectivity index (χ3v) is 12.2. The van der Waals surface area contributed by atoms with Crippen molar-refractivity contribution in [1.29, 1.82) is 0 Å². The zero-order valence-electron chi connectivity index (χ0n) is 46.7. The third kappa shape index (κ3) is 56.7. The van der Waals surface area contributed by atoms with Crippen LogP contribution >= 0.6 is 0 Å². The first-order chi connectivity index (χ1) is 35.5. The zero-order valence-corrected chi connectivity index (χ0v) is 46.7. The molecule has 408 valence electrons. The maximum Gasteiger partial charge on any atom is 0.306 e. The summed E-state index contributed by atoms with van der Waals surface area (Å²) < 4.78 is 16.7. The van der Waals surface area contributed by atoms with Crippen molar-refractivity contribution in [2.45, 2.75) is 264 Å². The van der Waals surface area contributed by atoms with E-state index in [1.54, 1.807) is 0 Å². The summed E-state index contributed by atoms with van der Waals surface area (Å²) in [6.07, 6.45) is 82.2. The molecule has 0 radical (unpaired) electrons. The molecule has 0 rings (SSSR count). The molecule has 0 fully saturated rings. The topological polar surface area (TPSA) is 78.9 Å². The highest BCUT2D eigenvalue weighted by Gasteiger charge is 2.19. The van der Waals surface area contributed by atoms with Gasteiger partial charge in [0.25, 0.3) is 0 Å². The van der Waals surface area contributed by atoms with Crippen molar-refractivity contribution in [3.05, 3.63) is 122 Å². The van der Waals surface area contributed by atoms with Crippen molar-refractivity contribution in [1.82, 2.24) is 0 Å². The minimum Gasteiger partial charge on any atom is -0.462 e. The molecule has 0 N–H and O–H groups in total. The first-order valence-corrected chi connectivity index (χ1v) is 29.5. The molecular weight excluding hydrogens is 889 g/mol. The number of carbonyl (C=O) groups is 3. The summed E-state index contributed by atoms with van der Waals surface area (Å²) in [5.41, 5.74) is 0. The van der Waals surface area contributed by atoms with Crippen LogP contribution in [0, 0.1) is 0 Å². The Labute approximate surface area is 443 Å². The molecule has 0 bridgehead atoms. The Kier molecular flexibility index (Phi) is 55.9. The predicted octanol–water partition coefficient (Wildman–Crippen LogP) is 20.0. The van der Waals surface area contributed by atoms with Gasteiger partial charge in [-0.25, -0.2) is 0 Å². The van der Waals surface area contributed by atoms with E-state index in [0.717, 1.165) is 135 Å². The van der Waals surface area contributed by atoms with Crippen molar-refractivity contribution in [2.24, 2.45) is 0 Å². The van der Waals surface area contributed by atoms with Crippen LogP contribution in [0.15, 0.2) is 122 Å². The van der Waals surface area contributed by atoms with Crippen LogP contribution in [-0.4, -0.2) is 37.2 Å². The SMILES string of the molecule is CC/C=C\C/C=C\C/C=C\C/C=C\C/C=C\C/C=C\C/C=C\C/C=C\C/C=C\C/C=C\CCCCCCC(=O)OCC(COC(=O)CCCCCCCCCC)OC(=O)CCCCCCCCCCCCC. The molecule has 0 amide bonds. The lowest BCUT2D eigenvalue weighted by Crippen LogP contribution is -2.30. The molecule has 1 unspecified atom stereocenters. The van der Waals surface area contributed by atoms with Crippen molar-refractivity contribution >= 4 is 17.9 Å². The fourth-order valence-electron chi connectivity index (χ4n) is 7.82. The third-order valence-electron chi connectivity index (χ3n) is 12.2. The highest BCUT2D eigenvalue weighted by molar-refractivity contribution is 5.71. The van der Waals surface area contributed by atoms with Gasteiger partial charge in [0.2, 0.25) is 0 Å². The van der Waals surface area contributed by atoms with E-state index in [1.165, 1.54) is 83.5 Å². The Bertz CT molecular complexity index is 1520. The van der Waals surface area contributed by atoms with E-state index >= 15 is 0 Å². The lowest BCUT2D eigenvalue weighted by molar-refractivity contribution is -0.167. The number of hydrogen-bond acceptors (Lipinski definition) is 6. The second kappa shape index (κ2) is 59.4. The molecule has 0 saturated carbocycles. The number of hydrogen-bond donors (Lipinski definition) is 0. The Morgan fingerprint density at radius 3 is 0.847 bits per heavy atom. The van der Waals surface area contributed by atoms with Gasteiger partial charge in [0.1, 0.15) is 13.2 Å². The Morgan fingerprint density at radius 1 is 0.292 bits per heavy atom. The molecule has 0 spiro atoms. The van der Waals surface area contributed by atoms with Crippen LogP contribution in [0.3, 0.4) is 0 Å². The molecule has 6 nitrogen and oxygen atoms in total. The predicted molar refractivity (Wildman–Crippen MR) is 311 cm³/mol. The van der Waals surface area contributed by atoms with E-state index in [9.17, 15) is 14.4 Å². The Hall–Kier alpha value is -4.19. The van der Waals surface area contributed by atoms with Gasteiger partial charge < -0.3 is 14.2 Å². The summed E-state index contributed by atoms with van der Waals surface area (Å²) >= 11 is 0. The first kappa shape index (κ1) is 67.8. The summed E-state index contributed by atoms with van der Waals surface area (Å²) in [5.74, 6) is -0.917. The molecule has 0 aromatic carbocycles. The molecule has 0 aromatic heterocycles. The molecular formula is C66H108O6. The largest absolute Gasteiger partial charge is 0.462 e. The van der Waals surface area contributed by atoms with Crippen LogP contribution in [0.4, 0.5) is 0 Å². The van der Waals surface area contributed by atoms with Gasteiger partial charge in [-0.3, -0.25) is 14.4 Å². The number of unbranched alkanes of at least 4 members (excludes halogenated alkanes) is 21. The number of allylic oxidation sites excluding steroid dienone is 20. The van der Waals surface area contributed by atoms with Gasteiger partial charge in [-0.2, -0.15) is 0 Å². The standard InChI is InChI=1S/C66H108O6/c1-4-7-10-13-16-19-21-22-23-24-25-26-27-28-29-30-31-32-33-34-35-36-37-38-39-40-41-42-43-44-46-47-50-53-56-59-65(68)71-62-63(61-70-64(67)58-55-52-49-18-15-12-9-6-3)72-66(69)60-57-54-51-48-45-20-17-14-11-8-5-2/h7,10,16,19,22-23,25-26,28-29,31-32,34-35,37-38,40-41,43-44,63H,4-6,8-9,11-15,17-18,20-21,24,27,30,33,36,39,42,45-62H2,1-3H3/b10-7-,19-16-,23-22-,26-25-,29-28-,32-31-,35-34-,38-37-,41-40-,44-43-. The average Bonchev–Trinajstić information content (AvgIpc) is 3.38. The first-order valence-electron chi connectivity index (χ1n) is 29.5. The van der Waals surface area contributed by atoms with Gasteiger partial charge in [0, 0.05) is 19.3 Å². The van der Waals surface area contributed by atoms with Crippen molar-refractivity contribution in [3.63, 3.8) is 0 Å². The maximum absolute atomic E-state index is 12.8. The average molecular weight is 998 g/mol. The van der Waals surface area contributed by atoms with Crippen molar-refractivity contribution < 1.29 is 28.6 Å². The Morgan fingerprint density at radius 2 is 0.542 bits per heavy atom. The lowest BCUT2D eigenvalue weighted by Gasteiger charge is -2.18. The maximum atomic E-state index is 12.8. The van der Waals surface area contributed by atoms with Crippen LogP contribution < -0.4 is 0 Å². The zero-order chi connectivity index (χ0) is 52.2. The van der Waals surface area contributed by atoms with E-state index in [2.05, 4.69) is 142 Å². The number of rotatable bonds is 52. The minimum absolute atomic E-state index is 0.0847. The normalized spacial score (nSPS) is 13.0. The number of carbonyl (C=O) groups excluding carboxylic acids is 3. The summed E-state index contributed by atoms with van der Waals surface area (Å²) in [7, 11) is 0. The van der Waals surface area contributed by atoms with E-state index in [-0.39, 0.29) is 31.1 Å². The number of ether oxygens (including phenoxy) is 3. The van der Waals surface area contributed by atoms with Crippen LogP contribution in [0.1, 0.15) is 258 Å². The van der Waals surface area contributed by atoms with E-state index in [1.807, 2.05) is 0 Å². The molecule has 0 aliphatic heterocycles. The smallest absolute Gasteiger partial charge is 0.306 e. The van der Waals surface area contributed by atoms with Crippen molar-refractivity contribution in [2.75, 3.05) is 13.2 Å². The van der Waals surface area contributed by atoms with Gasteiger partial charge in [-0.15, -0.1) is 0 Å². The van der Waals surface area contributed by atoms with Crippen LogP contribution in [0.2, 0.25) is 0 Å². The molecule has 0 heterocycles. The molecule has 0 aliphatic carbocycles. The molecule has 0 saturated heterocycles. The fraction of sp³-hybridized carbons (Fsp3) is 0.652. The summed E-state index contributed by atoms with van der Waals surface area (Å²) in [6.45, 7) is 6.46. The summed E-state index contributed by atoms with van der Waals surface area (Å²) in [5, 5.41) is 0. The van der Waals surface area contributed by atoms with E-state index < -0.39 is 6.10 Å². The second-order valence-electron chi connectivity index (χ2n) is 19.2. The Balaban J connectivity index is 4.17. The minimum atomic E-state index is -0.784. The highest BCUT2D eigenvalue weighted by Crippen LogP contribution is 2.14. The van der Waals surface area contributed by atoms with Crippen LogP contribution in [0.25, 0.3) is 0 Å². The molecule has 72 heavy (non-hydrogen) atoms. The molecule has 6 heteroatoms. The van der Waals surface area contributed by atoms with Crippen LogP contribution in [-0.2, 0) is 28.6 Å². The van der Waals surface area contributed by atoms with Crippen LogP contribution in [0.5, 0.6) is 0 Å². The molecule has 1 atom stereocenters. The summed E-state index contributed by atoms with van der Waals surface area (Å²) in [6, 6.07) is 0. The second-order valence-corrected chi connectivity index (χ2v) is 19.2. The van der Waals surface area contributed by atoms with Gasteiger partial charge >= 0.3 is 17.9 Å².